The quantitative estimate of drug-likeness (QED) is 0.775. The van der Waals surface area contributed by atoms with Gasteiger partial charge in [-0.15, -0.1) is 11.3 Å². The van der Waals surface area contributed by atoms with Gasteiger partial charge in [-0.05, 0) is 67.7 Å². The molecule has 4 aliphatic carbocycles. The molecule has 6 nitrogen and oxygen atoms in total. The molecule has 5 fully saturated rings. The van der Waals surface area contributed by atoms with Crippen LogP contribution in [0.4, 0.5) is 4.79 Å². The van der Waals surface area contributed by atoms with E-state index in [4.69, 9.17) is 0 Å². The largest absolute Gasteiger partial charge is 0.332 e. The van der Waals surface area contributed by atoms with Gasteiger partial charge in [0.05, 0.1) is 6.54 Å². The van der Waals surface area contributed by atoms with Gasteiger partial charge in [0.2, 0.25) is 5.91 Å². The van der Waals surface area contributed by atoms with Crippen molar-refractivity contribution in [3.05, 3.63) is 22.4 Å². The van der Waals surface area contributed by atoms with E-state index in [0.717, 1.165) is 69.7 Å². The number of piperazine rings is 1. The number of urea groups is 1. The maximum atomic E-state index is 12.5. The summed E-state index contributed by atoms with van der Waals surface area (Å²) >= 11 is 1.79. The summed E-state index contributed by atoms with van der Waals surface area (Å²) < 4.78 is 0. The first-order valence-corrected chi connectivity index (χ1v) is 12.0. The fraction of sp³-hybridized carbons (Fsp3) is 0.727. The molecule has 0 unspecified atom stereocenters. The molecule has 4 saturated carbocycles. The number of amides is 3. The number of hydrogen-bond acceptors (Lipinski definition) is 5. The maximum Gasteiger partial charge on any atom is 0.321 e. The number of hydrogen-bond donors (Lipinski definition) is 2. The van der Waals surface area contributed by atoms with E-state index in [9.17, 15) is 9.59 Å². The predicted molar refractivity (Wildman–Crippen MR) is 114 cm³/mol. The third kappa shape index (κ3) is 4.52. The van der Waals surface area contributed by atoms with Crippen LogP contribution < -0.4 is 10.6 Å². The van der Waals surface area contributed by atoms with E-state index in [1.807, 2.05) is 0 Å². The van der Waals surface area contributed by atoms with Crippen molar-refractivity contribution in [3.8, 4) is 0 Å². The summed E-state index contributed by atoms with van der Waals surface area (Å²) in [6.45, 7) is 4.96. The number of nitrogens with zero attached hydrogens (tertiary/aromatic N) is 2. The topological polar surface area (TPSA) is 64.7 Å². The molecule has 0 atom stereocenters. The molecule has 2 heterocycles. The van der Waals surface area contributed by atoms with E-state index in [0.29, 0.717) is 6.54 Å². The third-order valence-electron chi connectivity index (χ3n) is 7.46. The van der Waals surface area contributed by atoms with Crippen molar-refractivity contribution in [1.82, 2.24) is 20.4 Å². The highest BCUT2D eigenvalue weighted by atomic mass is 32.1. The van der Waals surface area contributed by atoms with Crippen molar-refractivity contribution in [2.24, 2.45) is 17.8 Å². The second kappa shape index (κ2) is 8.00. The number of rotatable bonds is 5. The average molecular weight is 417 g/mol. The Bertz CT molecular complexity index is 707. The minimum Gasteiger partial charge on any atom is -0.332 e. The van der Waals surface area contributed by atoms with E-state index in [1.165, 1.54) is 24.1 Å². The van der Waals surface area contributed by atoms with E-state index < -0.39 is 0 Å². The van der Waals surface area contributed by atoms with Crippen molar-refractivity contribution in [2.75, 3.05) is 32.7 Å². The molecule has 2 N–H and O–H groups in total. The molecule has 7 heteroatoms. The minimum atomic E-state index is -0.284. The molecule has 29 heavy (non-hydrogen) atoms. The smallest absolute Gasteiger partial charge is 0.321 e. The summed E-state index contributed by atoms with van der Waals surface area (Å²) in [5.41, 5.74) is -0.0491. The first-order valence-electron chi connectivity index (χ1n) is 11.1. The van der Waals surface area contributed by atoms with E-state index in [1.54, 1.807) is 11.3 Å². The van der Waals surface area contributed by atoms with Gasteiger partial charge in [0, 0.05) is 43.1 Å². The summed E-state index contributed by atoms with van der Waals surface area (Å²) in [4.78, 5) is 30.9. The molecule has 1 aromatic rings. The molecule has 3 amide bonds. The molecule has 1 aliphatic heterocycles. The fourth-order valence-electron chi connectivity index (χ4n) is 6.63. The molecule has 1 aromatic heterocycles. The summed E-state index contributed by atoms with van der Waals surface area (Å²) in [7, 11) is 0. The standard InChI is InChI=1S/C22H32N4O2S/c27-20(15-26-5-3-25(4-6-26)14-19-2-1-7-29-19)23-21(28)24-22-11-16-8-17(12-22)10-18(9-16)13-22/h1-2,7,16-18H,3-6,8-15H2,(H2,23,24,27,28). The van der Waals surface area contributed by atoms with Gasteiger partial charge in [-0.1, -0.05) is 6.07 Å². The summed E-state index contributed by atoms with van der Waals surface area (Å²) in [5.74, 6) is 2.16. The SMILES string of the molecule is O=C(CN1CCN(Cc2cccs2)CC1)NC(=O)NC12CC3CC(CC(C3)C1)C2. The lowest BCUT2D eigenvalue weighted by Crippen LogP contribution is -2.62. The van der Waals surface area contributed by atoms with Crippen LogP contribution in [0.25, 0.3) is 0 Å². The number of thiophene rings is 1. The summed E-state index contributed by atoms with van der Waals surface area (Å²) in [5, 5.41) is 7.95. The van der Waals surface area contributed by atoms with Gasteiger partial charge in [-0.2, -0.15) is 0 Å². The van der Waals surface area contributed by atoms with E-state index >= 15 is 0 Å². The van der Waals surface area contributed by atoms with Crippen LogP contribution >= 0.6 is 11.3 Å². The third-order valence-corrected chi connectivity index (χ3v) is 8.32. The first-order chi connectivity index (χ1) is 14.1. The average Bonchev–Trinajstić information content (AvgIpc) is 3.14. The summed E-state index contributed by atoms with van der Waals surface area (Å²) in [6, 6.07) is 3.98. The van der Waals surface area contributed by atoms with Gasteiger partial charge in [-0.25, -0.2) is 4.79 Å². The molecular weight excluding hydrogens is 384 g/mol. The zero-order chi connectivity index (χ0) is 19.8. The zero-order valence-electron chi connectivity index (χ0n) is 17.1. The first kappa shape index (κ1) is 19.5. The Labute approximate surface area is 177 Å². The van der Waals surface area contributed by atoms with Crippen molar-refractivity contribution < 1.29 is 9.59 Å². The Morgan fingerprint density at radius 3 is 2.21 bits per heavy atom. The number of carbonyl (C=O) groups excluding carboxylic acids is 2. The highest BCUT2D eigenvalue weighted by Gasteiger charge is 2.51. The van der Waals surface area contributed by atoms with Crippen LogP contribution in [0, 0.1) is 17.8 Å². The fourth-order valence-corrected chi connectivity index (χ4v) is 7.38. The number of carbonyl (C=O) groups is 2. The van der Waals surface area contributed by atoms with Crippen LogP contribution in [0.3, 0.4) is 0 Å². The lowest BCUT2D eigenvalue weighted by atomic mass is 9.53. The Balaban J connectivity index is 1.05. The molecule has 158 valence electrons. The van der Waals surface area contributed by atoms with Crippen LogP contribution in [0.1, 0.15) is 43.4 Å². The second-order valence-corrected chi connectivity index (χ2v) is 10.9. The normalized spacial score (nSPS) is 34.3. The molecule has 1 saturated heterocycles. The molecule has 4 bridgehead atoms. The van der Waals surface area contributed by atoms with Crippen LogP contribution in [-0.2, 0) is 11.3 Å². The number of imide groups is 1. The molecular formula is C22H32N4O2S. The van der Waals surface area contributed by atoms with Gasteiger partial charge >= 0.3 is 6.03 Å². The zero-order valence-corrected chi connectivity index (χ0v) is 17.9. The van der Waals surface area contributed by atoms with Gasteiger partial charge < -0.3 is 5.32 Å². The molecule has 0 aromatic carbocycles. The Morgan fingerprint density at radius 1 is 1.00 bits per heavy atom. The number of nitrogens with one attached hydrogen (secondary N) is 2. The monoisotopic (exact) mass is 416 g/mol. The minimum absolute atomic E-state index is 0.0491. The van der Waals surface area contributed by atoms with E-state index in [-0.39, 0.29) is 17.5 Å². The van der Waals surface area contributed by atoms with E-state index in [2.05, 4.69) is 37.9 Å². The van der Waals surface area contributed by atoms with Gasteiger partial charge in [-0.3, -0.25) is 19.9 Å². The van der Waals surface area contributed by atoms with Crippen molar-refractivity contribution in [3.63, 3.8) is 0 Å². The molecule has 5 aliphatic rings. The van der Waals surface area contributed by atoms with Gasteiger partial charge in [0.15, 0.2) is 0 Å². The Hall–Kier alpha value is -1.44. The lowest BCUT2D eigenvalue weighted by molar-refractivity contribution is -0.121. The van der Waals surface area contributed by atoms with Crippen LogP contribution in [0.5, 0.6) is 0 Å². The van der Waals surface area contributed by atoms with Gasteiger partial charge in [0.1, 0.15) is 0 Å². The van der Waals surface area contributed by atoms with Crippen LogP contribution in [-0.4, -0.2) is 60.0 Å². The van der Waals surface area contributed by atoms with Crippen molar-refractivity contribution in [2.45, 2.75) is 50.6 Å². The lowest BCUT2D eigenvalue weighted by Gasteiger charge is -2.56. The molecule has 0 radical (unpaired) electrons. The molecule has 6 rings (SSSR count). The van der Waals surface area contributed by atoms with Gasteiger partial charge in [0.25, 0.3) is 0 Å². The van der Waals surface area contributed by atoms with Crippen molar-refractivity contribution in [1.29, 1.82) is 0 Å². The maximum absolute atomic E-state index is 12.5. The Kier molecular flexibility index (Phi) is 5.39. The summed E-state index contributed by atoms with van der Waals surface area (Å²) in [6.07, 6.45) is 7.35. The van der Waals surface area contributed by atoms with Crippen molar-refractivity contribution >= 4 is 23.3 Å². The molecule has 0 spiro atoms. The van der Waals surface area contributed by atoms with Crippen LogP contribution in [0.15, 0.2) is 17.5 Å². The Morgan fingerprint density at radius 2 is 1.62 bits per heavy atom. The second-order valence-electron chi connectivity index (χ2n) is 9.83. The highest BCUT2D eigenvalue weighted by molar-refractivity contribution is 7.09. The highest BCUT2D eigenvalue weighted by Crippen LogP contribution is 2.55. The predicted octanol–water partition coefficient (Wildman–Crippen LogP) is 2.66. The van der Waals surface area contributed by atoms with Crippen LogP contribution in [0.2, 0.25) is 0 Å².